The van der Waals surface area contributed by atoms with Crippen molar-refractivity contribution in [2.45, 2.75) is 44.7 Å². The fraction of sp³-hybridized carbons (Fsp3) is 0.818. The number of nitrogens with one attached hydrogen (secondary N) is 2. The van der Waals surface area contributed by atoms with Crippen LogP contribution in [-0.4, -0.2) is 42.0 Å². The standard InChI is InChI=1S/C11H19N3O2/c1-2-12-11(16)14-7-10(15)13-8-5-3-4-6-9(8)14/h8-9H,2-7H2,1H3,(H,12,16)(H,13,15)/t8-,9-/m0/s1. The monoisotopic (exact) mass is 225 g/mol. The molecule has 2 N–H and O–H groups in total. The van der Waals surface area contributed by atoms with Crippen molar-refractivity contribution < 1.29 is 9.59 Å². The van der Waals surface area contributed by atoms with Crippen molar-refractivity contribution in [2.75, 3.05) is 13.1 Å². The van der Waals surface area contributed by atoms with Gasteiger partial charge in [0.15, 0.2) is 0 Å². The van der Waals surface area contributed by atoms with E-state index in [4.69, 9.17) is 0 Å². The fourth-order valence-corrected chi connectivity index (χ4v) is 2.65. The van der Waals surface area contributed by atoms with E-state index in [1.54, 1.807) is 4.90 Å². The number of amides is 3. The van der Waals surface area contributed by atoms with Crippen LogP contribution < -0.4 is 10.6 Å². The molecule has 1 aliphatic carbocycles. The summed E-state index contributed by atoms with van der Waals surface area (Å²) in [6, 6.07) is 0.254. The molecule has 2 aliphatic rings. The lowest BCUT2D eigenvalue weighted by atomic mass is 9.87. The van der Waals surface area contributed by atoms with E-state index in [1.807, 2.05) is 6.92 Å². The molecule has 5 nitrogen and oxygen atoms in total. The molecular weight excluding hydrogens is 206 g/mol. The van der Waals surface area contributed by atoms with E-state index < -0.39 is 0 Å². The summed E-state index contributed by atoms with van der Waals surface area (Å²) < 4.78 is 0. The van der Waals surface area contributed by atoms with Gasteiger partial charge in [-0.2, -0.15) is 0 Å². The Labute approximate surface area is 95.6 Å². The van der Waals surface area contributed by atoms with Gasteiger partial charge in [0, 0.05) is 12.6 Å². The molecule has 90 valence electrons. The maximum Gasteiger partial charge on any atom is 0.318 e. The van der Waals surface area contributed by atoms with Gasteiger partial charge in [0.2, 0.25) is 5.91 Å². The summed E-state index contributed by atoms with van der Waals surface area (Å²) >= 11 is 0. The fourth-order valence-electron chi connectivity index (χ4n) is 2.65. The van der Waals surface area contributed by atoms with Crippen molar-refractivity contribution in [3.63, 3.8) is 0 Å². The molecule has 0 aromatic rings. The molecule has 0 aromatic carbocycles. The highest BCUT2D eigenvalue weighted by atomic mass is 16.2. The zero-order valence-electron chi connectivity index (χ0n) is 9.66. The zero-order valence-corrected chi connectivity index (χ0v) is 9.66. The number of carbonyl (C=O) groups excluding carboxylic acids is 2. The van der Waals surface area contributed by atoms with Crippen LogP contribution in [0.2, 0.25) is 0 Å². The Bertz CT molecular complexity index is 293. The molecule has 2 atom stereocenters. The van der Waals surface area contributed by atoms with E-state index in [0.29, 0.717) is 6.54 Å². The first-order valence-corrected chi connectivity index (χ1v) is 6.06. The number of rotatable bonds is 1. The molecule has 3 amide bonds. The molecule has 1 heterocycles. The molecule has 0 spiro atoms. The van der Waals surface area contributed by atoms with Crippen LogP contribution in [0.15, 0.2) is 0 Å². The Morgan fingerprint density at radius 2 is 2.25 bits per heavy atom. The second-order valence-electron chi connectivity index (χ2n) is 4.49. The first-order valence-electron chi connectivity index (χ1n) is 6.06. The zero-order chi connectivity index (χ0) is 11.5. The number of piperazine rings is 1. The predicted octanol–water partition coefficient (Wildman–Crippen LogP) is 0.459. The molecule has 5 heteroatoms. The molecule has 2 rings (SSSR count). The molecule has 0 bridgehead atoms. The first-order chi connectivity index (χ1) is 7.72. The van der Waals surface area contributed by atoms with Crippen LogP contribution in [0.4, 0.5) is 4.79 Å². The predicted molar refractivity (Wildman–Crippen MR) is 60.0 cm³/mol. The van der Waals surface area contributed by atoms with Gasteiger partial charge in [0.05, 0.1) is 6.04 Å². The smallest absolute Gasteiger partial charge is 0.318 e. The van der Waals surface area contributed by atoms with Gasteiger partial charge >= 0.3 is 6.03 Å². The van der Waals surface area contributed by atoms with Crippen LogP contribution in [-0.2, 0) is 4.79 Å². The van der Waals surface area contributed by atoms with E-state index in [9.17, 15) is 9.59 Å². The van der Waals surface area contributed by atoms with E-state index in [2.05, 4.69) is 10.6 Å². The Balaban J connectivity index is 2.08. The SMILES string of the molecule is CCNC(=O)N1CC(=O)N[C@H]2CCCC[C@@H]21. The largest absolute Gasteiger partial charge is 0.350 e. The van der Waals surface area contributed by atoms with E-state index in [1.165, 1.54) is 0 Å². The van der Waals surface area contributed by atoms with Gasteiger partial charge < -0.3 is 15.5 Å². The van der Waals surface area contributed by atoms with Crippen LogP contribution in [0, 0.1) is 0 Å². The molecular formula is C11H19N3O2. The Morgan fingerprint density at radius 3 is 3.00 bits per heavy atom. The molecule has 0 radical (unpaired) electrons. The Hall–Kier alpha value is -1.26. The molecule has 2 fully saturated rings. The van der Waals surface area contributed by atoms with Crippen LogP contribution in [0.3, 0.4) is 0 Å². The maximum absolute atomic E-state index is 11.8. The van der Waals surface area contributed by atoms with E-state index in [0.717, 1.165) is 25.7 Å². The lowest BCUT2D eigenvalue weighted by Gasteiger charge is -2.43. The number of fused-ring (bicyclic) bond motifs is 1. The van der Waals surface area contributed by atoms with Gasteiger partial charge in [0.25, 0.3) is 0 Å². The van der Waals surface area contributed by atoms with Gasteiger partial charge in [-0.1, -0.05) is 12.8 Å². The van der Waals surface area contributed by atoms with E-state index in [-0.39, 0.29) is 30.6 Å². The van der Waals surface area contributed by atoms with Crippen LogP contribution in [0.1, 0.15) is 32.6 Å². The number of nitrogens with zero attached hydrogens (tertiary/aromatic N) is 1. The second kappa shape index (κ2) is 4.72. The van der Waals surface area contributed by atoms with Crippen LogP contribution in [0.25, 0.3) is 0 Å². The summed E-state index contributed by atoms with van der Waals surface area (Å²) in [4.78, 5) is 25.0. The normalized spacial score (nSPS) is 29.3. The number of hydrogen-bond acceptors (Lipinski definition) is 2. The Morgan fingerprint density at radius 1 is 1.50 bits per heavy atom. The number of carbonyl (C=O) groups is 2. The average molecular weight is 225 g/mol. The maximum atomic E-state index is 11.8. The van der Waals surface area contributed by atoms with Gasteiger partial charge in [-0.15, -0.1) is 0 Å². The Kier molecular flexibility index (Phi) is 3.31. The lowest BCUT2D eigenvalue weighted by molar-refractivity contribution is -0.126. The summed E-state index contributed by atoms with van der Waals surface area (Å²) in [5.41, 5.74) is 0. The minimum Gasteiger partial charge on any atom is -0.350 e. The number of urea groups is 1. The minimum absolute atomic E-state index is 0.0330. The summed E-state index contributed by atoms with van der Waals surface area (Å²) in [6.45, 7) is 2.70. The summed E-state index contributed by atoms with van der Waals surface area (Å²) in [6.07, 6.45) is 4.28. The second-order valence-corrected chi connectivity index (χ2v) is 4.49. The highest BCUT2D eigenvalue weighted by Gasteiger charge is 2.38. The lowest BCUT2D eigenvalue weighted by Crippen LogP contribution is -2.64. The average Bonchev–Trinajstić information content (AvgIpc) is 2.28. The van der Waals surface area contributed by atoms with Crippen molar-refractivity contribution in [3.8, 4) is 0 Å². The van der Waals surface area contributed by atoms with Crippen molar-refractivity contribution in [1.82, 2.24) is 15.5 Å². The van der Waals surface area contributed by atoms with Gasteiger partial charge in [-0.3, -0.25) is 4.79 Å². The van der Waals surface area contributed by atoms with Gasteiger partial charge in [0.1, 0.15) is 6.54 Å². The first kappa shape index (κ1) is 11.2. The molecule has 0 aromatic heterocycles. The highest BCUT2D eigenvalue weighted by molar-refractivity contribution is 5.86. The molecule has 1 saturated carbocycles. The highest BCUT2D eigenvalue weighted by Crippen LogP contribution is 2.25. The summed E-state index contributed by atoms with van der Waals surface area (Å²) in [7, 11) is 0. The third kappa shape index (κ3) is 2.13. The summed E-state index contributed by atoms with van der Waals surface area (Å²) in [5, 5.41) is 5.76. The molecule has 16 heavy (non-hydrogen) atoms. The van der Waals surface area contributed by atoms with Crippen molar-refractivity contribution >= 4 is 11.9 Å². The minimum atomic E-state index is -0.103. The topological polar surface area (TPSA) is 61.4 Å². The van der Waals surface area contributed by atoms with Crippen LogP contribution in [0.5, 0.6) is 0 Å². The van der Waals surface area contributed by atoms with Crippen molar-refractivity contribution in [2.24, 2.45) is 0 Å². The van der Waals surface area contributed by atoms with Gasteiger partial charge in [-0.25, -0.2) is 4.79 Å². The van der Waals surface area contributed by atoms with E-state index >= 15 is 0 Å². The molecule has 0 unspecified atom stereocenters. The van der Waals surface area contributed by atoms with Gasteiger partial charge in [-0.05, 0) is 19.8 Å². The third-order valence-electron chi connectivity index (χ3n) is 3.38. The van der Waals surface area contributed by atoms with Crippen LogP contribution >= 0.6 is 0 Å². The molecule has 1 aliphatic heterocycles. The number of hydrogen-bond donors (Lipinski definition) is 2. The van der Waals surface area contributed by atoms with Crippen molar-refractivity contribution in [1.29, 1.82) is 0 Å². The van der Waals surface area contributed by atoms with Crippen molar-refractivity contribution in [3.05, 3.63) is 0 Å². The summed E-state index contributed by atoms with van der Waals surface area (Å²) in [5.74, 6) is -0.0330. The molecule has 1 saturated heterocycles. The quantitative estimate of drug-likeness (QED) is 0.681. The third-order valence-corrected chi connectivity index (χ3v) is 3.38.